The van der Waals surface area contributed by atoms with Crippen LogP contribution in [-0.4, -0.2) is 28.0 Å². The molecule has 2 unspecified atom stereocenters. The predicted octanol–water partition coefficient (Wildman–Crippen LogP) is 5.24. The fourth-order valence-corrected chi connectivity index (χ4v) is 3.10. The first kappa shape index (κ1) is 23.2. The van der Waals surface area contributed by atoms with E-state index in [0.29, 0.717) is 11.3 Å². The zero-order chi connectivity index (χ0) is 21.8. The SMILES string of the molecule is CCC(C)(C)c1ccc(OCC(O)C(O)c2cc(C(C)(C)CC)ccc2O)cc1. The Hall–Kier alpha value is -2.04. The van der Waals surface area contributed by atoms with Crippen LogP contribution in [0.3, 0.4) is 0 Å². The summed E-state index contributed by atoms with van der Waals surface area (Å²) in [5.41, 5.74) is 2.57. The van der Waals surface area contributed by atoms with Crippen LogP contribution < -0.4 is 4.74 Å². The highest BCUT2D eigenvalue weighted by Gasteiger charge is 2.26. The topological polar surface area (TPSA) is 69.9 Å². The molecular formula is C25H36O4. The molecule has 0 amide bonds. The molecule has 4 nitrogen and oxygen atoms in total. The first-order valence-electron chi connectivity index (χ1n) is 10.4. The van der Waals surface area contributed by atoms with Crippen molar-refractivity contribution in [2.24, 2.45) is 0 Å². The molecule has 2 rings (SSSR count). The molecule has 0 bridgehead atoms. The van der Waals surface area contributed by atoms with Crippen LogP contribution in [0.25, 0.3) is 0 Å². The van der Waals surface area contributed by atoms with Crippen LogP contribution in [-0.2, 0) is 10.8 Å². The number of aromatic hydroxyl groups is 1. The number of aliphatic hydroxyl groups is 2. The lowest BCUT2D eigenvalue weighted by molar-refractivity contribution is -0.0101. The first-order chi connectivity index (χ1) is 13.5. The third-order valence-corrected chi connectivity index (χ3v) is 6.32. The van der Waals surface area contributed by atoms with Crippen molar-refractivity contribution in [3.63, 3.8) is 0 Å². The first-order valence-corrected chi connectivity index (χ1v) is 10.4. The molecule has 160 valence electrons. The van der Waals surface area contributed by atoms with Crippen LogP contribution in [0, 0.1) is 0 Å². The molecule has 0 saturated heterocycles. The number of benzene rings is 2. The lowest BCUT2D eigenvalue weighted by Gasteiger charge is -2.26. The molecule has 0 heterocycles. The lowest BCUT2D eigenvalue weighted by Crippen LogP contribution is -2.26. The summed E-state index contributed by atoms with van der Waals surface area (Å²) in [5.74, 6) is 0.607. The molecule has 0 aliphatic carbocycles. The summed E-state index contributed by atoms with van der Waals surface area (Å²) in [6.45, 7) is 12.8. The molecule has 0 spiro atoms. The van der Waals surface area contributed by atoms with Gasteiger partial charge in [0.1, 0.15) is 30.3 Å². The van der Waals surface area contributed by atoms with Gasteiger partial charge in [0.2, 0.25) is 0 Å². The Balaban J connectivity index is 2.08. The molecule has 0 aromatic heterocycles. The van der Waals surface area contributed by atoms with E-state index in [0.717, 1.165) is 18.4 Å². The molecule has 2 aromatic carbocycles. The molecule has 0 aliphatic rings. The number of hydrogen-bond acceptors (Lipinski definition) is 4. The van der Waals surface area contributed by atoms with Crippen molar-refractivity contribution in [3.8, 4) is 11.5 Å². The van der Waals surface area contributed by atoms with Crippen LogP contribution in [0.2, 0.25) is 0 Å². The van der Waals surface area contributed by atoms with Gasteiger partial charge in [-0.25, -0.2) is 0 Å². The smallest absolute Gasteiger partial charge is 0.121 e. The number of hydrogen-bond donors (Lipinski definition) is 3. The molecular weight excluding hydrogens is 364 g/mol. The van der Waals surface area contributed by atoms with Gasteiger partial charge in [0, 0.05) is 5.56 Å². The number of rotatable bonds is 9. The summed E-state index contributed by atoms with van der Waals surface area (Å²) in [6.07, 6.45) is -0.437. The van der Waals surface area contributed by atoms with Gasteiger partial charge < -0.3 is 20.1 Å². The third-order valence-electron chi connectivity index (χ3n) is 6.32. The maximum Gasteiger partial charge on any atom is 0.121 e. The Kier molecular flexibility index (Phi) is 7.36. The standard InChI is InChI=1S/C25H36O4/c1-7-24(3,4)17-9-12-19(13-10-17)29-16-22(27)23(28)20-15-18(11-14-21(20)26)25(5,6)8-2/h9-15,22-23,26-28H,7-8,16H2,1-6H3. The number of phenols is 1. The molecule has 2 atom stereocenters. The zero-order valence-corrected chi connectivity index (χ0v) is 18.6. The average Bonchev–Trinajstić information content (AvgIpc) is 2.71. The minimum Gasteiger partial charge on any atom is -0.508 e. The summed E-state index contributed by atoms with van der Waals surface area (Å²) in [5, 5.41) is 31.2. The largest absolute Gasteiger partial charge is 0.508 e. The molecule has 2 aromatic rings. The van der Waals surface area contributed by atoms with Gasteiger partial charge in [-0.15, -0.1) is 0 Å². The fourth-order valence-electron chi connectivity index (χ4n) is 3.10. The van der Waals surface area contributed by atoms with Crippen LogP contribution in [0.15, 0.2) is 42.5 Å². The number of phenolic OH excluding ortho intramolecular Hbond substituents is 1. The highest BCUT2D eigenvalue weighted by atomic mass is 16.5. The number of ether oxygens (including phenoxy) is 1. The van der Waals surface area contributed by atoms with E-state index in [1.165, 1.54) is 5.56 Å². The highest BCUT2D eigenvalue weighted by molar-refractivity contribution is 5.41. The molecule has 0 aliphatic heterocycles. The second-order valence-corrected chi connectivity index (χ2v) is 9.10. The summed E-state index contributed by atoms with van der Waals surface area (Å²) < 4.78 is 5.68. The summed E-state index contributed by atoms with van der Waals surface area (Å²) >= 11 is 0. The van der Waals surface area contributed by atoms with E-state index in [2.05, 4.69) is 41.5 Å². The number of aliphatic hydroxyl groups excluding tert-OH is 2. The van der Waals surface area contributed by atoms with E-state index in [-0.39, 0.29) is 23.2 Å². The second kappa shape index (κ2) is 9.19. The van der Waals surface area contributed by atoms with E-state index in [4.69, 9.17) is 4.74 Å². The van der Waals surface area contributed by atoms with Crippen molar-refractivity contribution in [1.82, 2.24) is 0 Å². The van der Waals surface area contributed by atoms with Gasteiger partial charge in [-0.2, -0.15) is 0 Å². The maximum atomic E-state index is 10.6. The van der Waals surface area contributed by atoms with Crippen LogP contribution in [0.4, 0.5) is 0 Å². The molecule has 29 heavy (non-hydrogen) atoms. The Morgan fingerprint density at radius 1 is 0.828 bits per heavy atom. The minimum atomic E-state index is -1.24. The van der Waals surface area contributed by atoms with Gasteiger partial charge in [-0.1, -0.05) is 59.7 Å². The molecule has 0 saturated carbocycles. The van der Waals surface area contributed by atoms with Crippen molar-refractivity contribution in [1.29, 1.82) is 0 Å². The molecule has 3 N–H and O–H groups in total. The van der Waals surface area contributed by atoms with Crippen molar-refractivity contribution >= 4 is 0 Å². The minimum absolute atomic E-state index is 0.0293. The quantitative estimate of drug-likeness (QED) is 0.538. The second-order valence-electron chi connectivity index (χ2n) is 9.10. The highest BCUT2D eigenvalue weighted by Crippen LogP contribution is 2.34. The van der Waals surface area contributed by atoms with E-state index >= 15 is 0 Å². The van der Waals surface area contributed by atoms with Gasteiger partial charge in [-0.3, -0.25) is 0 Å². The Morgan fingerprint density at radius 2 is 1.34 bits per heavy atom. The van der Waals surface area contributed by atoms with Gasteiger partial charge in [0.25, 0.3) is 0 Å². The molecule has 0 radical (unpaired) electrons. The van der Waals surface area contributed by atoms with E-state index in [9.17, 15) is 15.3 Å². The van der Waals surface area contributed by atoms with Gasteiger partial charge in [0.05, 0.1) is 0 Å². The Labute approximate surface area is 175 Å². The monoisotopic (exact) mass is 400 g/mol. The van der Waals surface area contributed by atoms with Crippen LogP contribution >= 0.6 is 0 Å². The lowest BCUT2D eigenvalue weighted by atomic mass is 9.81. The normalized spacial score (nSPS) is 14.5. The molecule has 4 heteroatoms. The Morgan fingerprint density at radius 3 is 1.90 bits per heavy atom. The van der Waals surface area contributed by atoms with Crippen LogP contribution in [0.5, 0.6) is 11.5 Å². The average molecular weight is 401 g/mol. The van der Waals surface area contributed by atoms with E-state index in [1.54, 1.807) is 12.1 Å². The van der Waals surface area contributed by atoms with Gasteiger partial charge in [-0.05, 0) is 59.1 Å². The third kappa shape index (κ3) is 5.52. The van der Waals surface area contributed by atoms with Crippen LogP contribution in [0.1, 0.15) is 77.2 Å². The fraction of sp³-hybridized carbons (Fsp3) is 0.520. The summed E-state index contributed by atoms with van der Waals surface area (Å²) in [4.78, 5) is 0. The maximum absolute atomic E-state index is 10.6. The van der Waals surface area contributed by atoms with Gasteiger partial charge >= 0.3 is 0 Å². The molecule has 0 fully saturated rings. The van der Waals surface area contributed by atoms with Gasteiger partial charge in [0.15, 0.2) is 0 Å². The van der Waals surface area contributed by atoms with Crippen molar-refractivity contribution in [3.05, 3.63) is 59.2 Å². The Bertz CT molecular complexity index is 793. The zero-order valence-electron chi connectivity index (χ0n) is 18.6. The summed E-state index contributed by atoms with van der Waals surface area (Å²) in [7, 11) is 0. The van der Waals surface area contributed by atoms with Crippen molar-refractivity contribution in [2.75, 3.05) is 6.61 Å². The van der Waals surface area contributed by atoms with Crippen molar-refractivity contribution < 1.29 is 20.1 Å². The predicted molar refractivity (Wildman–Crippen MR) is 118 cm³/mol. The van der Waals surface area contributed by atoms with Crippen molar-refractivity contribution in [2.45, 2.75) is 77.4 Å². The van der Waals surface area contributed by atoms with E-state index in [1.807, 2.05) is 30.3 Å². The van der Waals surface area contributed by atoms with E-state index < -0.39 is 12.2 Å². The summed E-state index contributed by atoms with van der Waals surface area (Å²) in [6, 6.07) is 13.0.